The second-order valence-electron chi connectivity index (χ2n) is 6.31. The molecule has 1 aromatic rings. The van der Waals surface area contributed by atoms with E-state index < -0.39 is 6.04 Å². The highest BCUT2D eigenvalue weighted by Crippen LogP contribution is 2.28. The fourth-order valence-corrected chi connectivity index (χ4v) is 3.51. The standard InChI is InChI=1S/C17H24N4O2.ClH/c1-12(19-17(23)20-13-5-3-2-4-6-13)16(22)21-14-7-8-15(21)11-18-10-9-14;/h2-6,12,14-15,18H,7-11H2,1H3,(H2,19,20,23);1H. The Kier molecular flexibility index (Phi) is 6.45. The summed E-state index contributed by atoms with van der Waals surface area (Å²) in [6, 6.07) is 8.91. The molecule has 0 spiro atoms. The number of amides is 3. The van der Waals surface area contributed by atoms with Gasteiger partial charge in [-0.1, -0.05) is 18.2 Å². The molecule has 0 radical (unpaired) electrons. The van der Waals surface area contributed by atoms with E-state index in [0.29, 0.717) is 11.7 Å². The molecule has 2 saturated heterocycles. The maximum Gasteiger partial charge on any atom is 0.319 e. The first-order valence-electron chi connectivity index (χ1n) is 8.30. The normalized spacial score (nSPS) is 23.6. The molecule has 3 rings (SSSR count). The van der Waals surface area contributed by atoms with Crippen molar-refractivity contribution in [3.05, 3.63) is 30.3 Å². The summed E-state index contributed by atoms with van der Waals surface area (Å²) in [5.41, 5.74) is 0.712. The predicted octanol–water partition coefficient (Wildman–Crippen LogP) is 1.97. The second kappa shape index (κ2) is 8.35. The van der Waals surface area contributed by atoms with Crippen LogP contribution in [0.1, 0.15) is 26.2 Å². The highest BCUT2D eigenvalue weighted by molar-refractivity contribution is 5.93. The van der Waals surface area contributed by atoms with Crippen molar-refractivity contribution in [1.82, 2.24) is 15.5 Å². The fourth-order valence-electron chi connectivity index (χ4n) is 3.51. The SMILES string of the molecule is CC(NC(=O)Nc1ccccc1)C(=O)N1C2CCNCC1CC2.Cl. The number of carbonyl (C=O) groups is 2. The van der Waals surface area contributed by atoms with E-state index in [2.05, 4.69) is 16.0 Å². The van der Waals surface area contributed by atoms with Crippen LogP contribution in [0.15, 0.2) is 30.3 Å². The molecule has 0 saturated carbocycles. The van der Waals surface area contributed by atoms with Crippen LogP contribution in [0.3, 0.4) is 0 Å². The van der Waals surface area contributed by atoms with E-state index in [1.807, 2.05) is 35.2 Å². The molecule has 6 nitrogen and oxygen atoms in total. The van der Waals surface area contributed by atoms with Gasteiger partial charge in [-0.3, -0.25) is 4.79 Å². The first-order valence-corrected chi connectivity index (χ1v) is 8.30. The van der Waals surface area contributed by atoms with Gasteiger partial charge in [0.05, 0.1) is 0 Å². The molecule has 3 unspecified atom stereocenters. The number of anilines is 1. The first kappa shape index (κ1) is 18.5. The van der Waals surface area contributed by atoms with Gasteiger partial charge in [0.2, 0.25) is 5.91 Å². The van der Waals surface area contributed by atoms with Crippen LogP contribution < -0.4 is 16.0 Å². The van der Waals surface area contributed by atoms with Crippen LogP contribution >= 0.6 is 12.4 Å². The summed E-state index contributed by atoms with van der Waals surface area (Å²) in [5, 5.41) is 8.88. The number of rotatable bonds is 3. The van der Waals surface area contributed by atoms with Crippen LogP contribution in [0.25, 0.3) is 0 Å². The minimum atomic E-state index is -0.528. The molecule has 3 amide bonds. The second-order valence-corrected chi connectivity index (χ2v) is 6.31. The Morgan fingerprint density at radius 3 is 2.62 bits per heavy atom. The van der Waals surface area contributed by atoms with Crippen LogP contribution in [0.4, 0.5) is 10.5 Å². The van der Waals surface area contributed by atoms with Crippen LogP contribution in [0.5, 0.6) is 0 Å². The summed E-state index contributed by atoms with van der Waals surface area (Å²) in [6.45, 7) is 3.57. The van der Waals surface area contributed by atoms with Crippen LogP contribution in [0, 0.1) is 0 Å². The number of hydrogen-bond donors (Lipinski definition) is 3. The minimum Gasteiger partial charge on any atom is -0.334 e. The van der Waals surface area contributed by atoms with Gasteiger partial charge < -0.3 is 20.9 Å². The largest absolute Gasteiger partial charge is 0.334 e. The fraction of sp³-hybridized carbons (Fsp3) is 0.529. The zero-order valence-electron chi connectivity index (χ0n) is 13.8. The maximum atomic E-state index is 12.8. The lowest BCUT2D eigenvalue weighted by molar-refractivity contribution is -0.135. The van der Waals surface area contributed by atoms with Crippen LogP contribution in [-0.4, -0.2) is 48.1 Å². The third kappa shape index (κ3) is 4.19. The summed E-state index contributed by atoms with van der Waals surface area (Å²) < 4.78 is 0. The molecule has 2 heterocycles. The average Bonchev–Trinajstić information content (AvgIpc) is 2.80. The number of para-hydroxylation sites is 1. The van der Waals surface area contributed by atoms with Crippen LogP contribution in [-0.2, 0) is 4.79 Å². The molecule has 2 bridgehead atoms. The summed E-state index contributed by atoms with van der Waals surface area (Å²) in [4.78, 5) is 26.8. The highest BCUT2D eigenvalue weighted by atomic mass is 35.5. The van der Waals surface area contributed by atoms with Crippen molar-refractivity contribution in [1.29, 1.82) is 0 Å². The highest BCUT2D eigenvalue weighted by Gasteiger charge is 2.39. The van der Waals surface area contributed by atoms with Crippen molar-refractivity contribution in [2.45, 2.75) is 44.3 Å². The summed E-state index contributed by atoms with van der Waals surface area (Å²) in [5.74, 6) is 0.0180. The number of urea groups is 1. The third-order valence-corrected chi connectivity index (χ3v) is 4.66. The molecular weight excluding hydrogens is 328 g/mol. The molecule has 2 fully saturated rings. The molecule has 0 aliphatic carbocycles. The Morgan fingerprint density at radius 2 is 1.88 bits per heavy atom. The number of nitrogens with zero attached hydrogens (tertiary/aromatic N) is 1. The quantitative estimate of drug-likeness (QED) is 0.778. The minimum absolute atomic E-state index is 0. The zero-order valence-corrected chi connectivity index (χ0v) is 14.6. The Balaban J connectivity index is 0.00000208. The van der Waals surface area contributed by atoms with Gasteiger partial charge in [0, 0.05) is 24.3 Å². The van der Waals surface area contributed by atoms with Gasteiger partial charge in [-0.15, -0.1) is 12.4 Å². The van der Waals surface area contributed by atoms with E-state index in [4.69, 9.17) is 0 Å². The van der Waals surface area contributed by atoms with Gasteiger partial charge in [0.1, 0.15) is 6.04 Å². The Labute approximate surface area is 148 Å². The molecular formula is C17H25ClN4O2. The molecule has 1 aromatic carbocycles. The number of nitrogens with one attached hydrogen (secondary N) is 3. The predicted molar refractivity (Wildman–Crippen MR) is 96.4 cm³/mol. The van der Waals surface area contributed by atoms with E-state index >= 15 is 0 Å². The number of halogens is 1. The Bertz CT molecular complexity index is 555. The van der Waals surface area contributed by atoms with E-state index in [9.17, 15) is 9.59 Å². The van der Waals surface area contributed by atoms with Gasteiger partial charge >= 0.3 is 6.03 Å². The van der Waals surface area contributed by atoms with E-state index in [1.165, 1.54) is 0 Å². The van der Waals surface area contributed by atoms with Crippen LogP contribution in [0.2, 0.25) is 0 Å². The molecule has 3 atom stereocenters. The average molecular weight is 353 g/mol. The maximum absolute atomic E-state index is 12.8. The Morgan fingerprint density at radius 1 is 1.17 bits per heavy atom. The van der Waals surface area contributed by atoms with Gasteiger partial charge in [-0.05, 0) is 44.9 Å². The topological polar surface area (TPSA) is 73.5 Å². The van der Waals surface area contributed by atoms with Gasteiger partial charge in [-0.25, -0.2) is 4.79 Å². The van der Waals surface area contributed by atoms with E-state index in [1.54, 1.807) is 6.92 Å². The lowest BCUT2D eigenvalue weighted by Crippen LogP contribution is -2.52. The van der Waals surface area contributed by atoms with Crippen molar-refractivity contribution in [2.75, 3.05) is 18.4 Å². The Hall–Kier alpha value is -1.79. The molecule has 2 aliphatic rings. The number of fused-ring (bicyclic) bond motifs is 2. The molecule has 3 N–H and O–H groups in total. The molecule has 7 heteroatoms. The van der Waals surface area contributed by atoms with Crippen molar-refractivity contribution < 1.29 is 9.59 Å². The monoisotopic (exact) mass is 352 g/mol. The molecule has 0 aromatic heterocycles. The number of hydrogen-bond acceptors (Lipinski definition) is 3. The third-order valence-electron chi connectivity index (χ3n) is 4.66. The lowest BCUT2D eigenvalue weighted by atomic mass is 10.1. The van der Waals surface area contributed by atoms with Gasteiger partial charge in [0.25, 0.3) is 0 Å². The number of benzene rings is 1. The molecule has 132 valence electrons. The molecule has 2 aliphatic heterocycles. The van der Waals surface area contributed by atoms with E-state index in [0.717, 1.165) is 32.4 Å². The van der Waals surface area contributed by atoms with Crippen molar-refractivity contribution in [3.8, 4) is 0 Å². The first-order chi connectivity index (χ1) is 11.1. The zero-order chi connectivity index (χ0) is 16.2. The lowest BCUT2D eigenvalue weighted by Gasteiger charge is -2.30. The summed E-state index contributed by atoms with van der Waals surface area (Å²) >= 11 is 0. The van der Waals surface area contributed by atoms with Gasteiger partial charge in [-0.2, -0.15) is 0 Å². The van der Waals surface area contributed by atoms with Crippen molar-refractivity contribution in [2.24, 2.45) is 0 Å². The molecule has 24 heavy (non-hydrogen) atoms. The van der Waals surface area contributed by atoms with Crippen molar-refractivity contribution in [3.63, 3.8) is 0 Å². The summed E-state index contributed by atoms with van der Waals surface area (Å²) in [7, 11) is 0. The van der Waals surface area contributed by atoms with E-state index in [-0.39, 0.29) is 30.4 Å². The van der Waals surface area contributed by atoms with Gasteiger partial charge in [0.15, 0.2) is 0 Å². The number of carbonyl (C=O) groups excluding carboxylic acids is 2. The van der Waals surface area contributed by atoms with Crippen molar-refractivity contribution >= 4 is 30.0 Å². The summed E-state index contributed by atoms with van der Waals surface area (Å²) in [6.07, 6.45) is 3.11. The smallest absolute Gasteiger partial charge is 0.319 e.